The van der Waals surface area contributed by atoms with E-state index in [1.165, 1.54) is 10.6 Å². The van der Waals surface area contributed by atoms with Crippen molar-refractivity contribution in [2.45, 2.75) is 25.3 Å². The van der Waals surface area contributed by atoms with Crippen LogP contribution in [0.4, 0.5) is 0 Å². The highest BCUT2D eigenvalue weighted by Crippen LogP contribution is 2.18. The molecule has 1 aromatic rings. The zero-order valence-corrected chi connectivity index (χ0v) is 13.4. The Kier molecular flexibility index (Phi) is 4.82. The van der Waals surface area contributed by atoms with Crippen molar-refractivity contribution in [1.29, 1.82) is 0 Å². The van der Waals surface area contributed by atoms with Gasteiger partial charge in [-0.15, -0.1) is 0 Å². The van der Waals surface area contributed by atoms with Gasteiger partial charge in [0.1, 0.15) is 0 Å². The number of carbonyl (C=O) groups is 1. The Balaban J connectivity index is 1.86. The first-order valence-electron chi connectivity index (χ1n) is 6.60. The van der Waals surface area contributed by atoms with Crippen molar-refractivity contribution < 1.29 is 13.2 Å². The molecule has 2 heterocycles. The number of rotatable bonds is 4. The van der Waals surface area contributed by atoms with Crippen LogP contribution in [0.25, 0.3) is 0 Å². The van der Waals surface area contributed by atoms with Crippen LogP contribution < -0.4 is 0 Å². The van der Waals surface area contributed by atoms with Crippen LogP contribution in [0.1, 0.15) is 18.4 Å². The van der Waals surface area contributed by atoms with Gasteiger partial charge in [0, 0.05) is 26.2 Å². The maximum Gasteiger partial charge on any atom is 0.227 e. The van der Waals surface area contributed by atoms with Crippen LogP contribution in [0, 0.1) is 0 Å². The Bertz CT molecular complexity index is 546. The Morgan fingerprint density at radius 3 is 2.60 bits per heavy atom. The van der Waals surface area contributed by atoms with Gasteiger partial charge in [0.05, 0.1) is 12.7 Å². The molecule has 0 atom stereocenters. The van der Waals surface area contributed by atoms with Crippen LogP contribution in [-0.2, 0) is 21.2 Å². The van der Waals surface area contributed by atoms with E-state index in [1.54, 1.807) is 18.4 Å². The van der Waals surface area contributed by atoms with Gasteiger partial charge >= 0.3 is 0 Å². The molecule has 0 unspecified atom stereocenters. The molecule has 2 rings (SSSR count). The molecule has 1 amide bonds. The Labute approximate surface area is 124 Å². The van der Waals surface area contributed by atoms with Crippen LogP contribution in [0.3, 0.4) is 0 Å². The van der Waals surface area contributed by atoms with Crippen molar-refractivity contribution in [3.05, 3.63) is 22.4 Å². The lowest BCUT2D eigenvalue weighted by atomic mass is 10.0. The van der Waals surface area contributed by atoms with Gasteiger partial charge < -0.3 is 4.90 Å². The fourth-order valence-corrected chi connectivity index (χ4v) is 3.85. The van der Waals surface area contributed by atoms with E-state index in [2.05, 4.69) is 0 Å². The standard InChI is InChI=1S/C13H20N2O3S2/c1-14(20(2,17)18)12-3-6-15(7-4-12)13(16)9-11-5-8-19-10-11/h5,8,10,12H,3-4,6-7,9H2,1-2H3. The van der Waals surface area contributed by atoms with Gasteiger partial charge in [-0.3, -0.25) is 4.79 Å². The Morgan fingerprint density at radius 2 is 2.10 bits per heavy atom. The smallest absolute Gasteiger partial charge is 0.227 e. The average molecular weight is 316 g/mol. The minimum Gasteiger partial charge on any atom is -0.342 e. The number of nitrogens with zero attached hydrogens (tertiary/aromatic N) is 2. The molecule has 0 saturated carbocycles. The van der Waals surface area contributed by atoms with E-state index in [-0.39, 0.29) is 11.9 Å². The zero-order chi connectivity index (χ0) is 14.8. The molecule has 0 N–H and O–H groups in total. The van der Waals surface area contributed by atoms with Gasteiger partial charge in [-0.05, 0) is 35.2 Å². The third kappa shape index (κ3) is 3.80. The van der Waals surface area contributed by atoms with E-state index >= 15 is 0 Å². The summed E-state index contributed by atoms with van der Waals surface area (Å²) in [5.41, 5.74) is 1.05. The lowest BCUT2D eigenvalue weighted by molar-refractivity contribution is -0.131. The highest BCUT2D eigenvalue weighted by atomic mass is 32.2. The normalized spacial score (nSPS) is 17.6. The summed E-state index contributed by atoms with van der Waals surface area (Å²) in [5, 5.41) is 3.96. The first kappa shape index (κ1) is 15.5. The summed E-state index contributed by atoms with van der Waals surface area (Å²) in [7, 11) is -1.54. The van der Waals surface area contributed by atoms with Gasteiger partial charge in [-0.2, -0.15) is 11.3 Å². The molecule has 1 aromatic heterocycles. The number of hydrogen-bond acceptors (Lipinski definition) is 4. The number of amides is 1. The highest BCUT2D eigenvalue weighted by molar-refractivity contribution is 7.88. The molecule has 0 bridgehead atoms. The second-order valence-corrected chi connectivity index (χ2v) is 8.02. The minimum atomic E-state index is -3.15. The molecular formula is C13H20N2O3S2. The van der Waals surface area contributed by atoms with Crippen LogP contribution in [0.2, 0.25) is 0 Å². The molecule has 1 aliphatic heterocycles. The van der Waals surface area contributed by atoms with Gasteiger partial charge in [0.2, 0.25) is 15.9 Å². The van der Waals surface area contributed by atoms with E-state index < -0.39 is 10.0 Å². The lowest BCUT2D eigenvalue weighted by Gasteiger charge is -2.35. The van der Waals surface area contributed by atoms with Gasteiger partial charge in [0.25, 0.3) is 0 Å². The first-order valence-corrected chi connectivity index (χ1v) is 9.39. The second-order valence-electron chi connectivity index (χ2n) is 5.20. The molecule has 1 aliphatic rings. The summed E-state index contributed by atoms with van der Waals surface area (Å²) in [5.74, 6) is 0.129. The van der Waals surface area contributed by atoms with Crippen LogP contribution in [0.15, 0.2) is 16.8 Å². The van der Waals surface area contributed by atoms with E-state index in [1.807, 2.05) is 21.7 Å². The fourth-order valence-electron chi connectivity index (χ4n) is 2.43. The van der Waals surface area contributed by atoms with Gasteiger partial charge in [0.15, 0.2) is 0 Å². The summed E-state index contributed by atoms with van der Waals surface area (Å²) in [6, 6.07) is 1.97. The summed E-state index contributed by atoms with van der Waals surface area (Å²) in [6.45, 7) is 1.26. The van der Waals surface area contributed by atoms with E-state index in [9.17, 15) is 13.2 Å². The SMILES string of the molecule is CN(C1CCN(C(=O)Cc2ccsc2)CC1)S(C)(=O)=O. The maximum absolute atomic E-state index is 12.1. The average Bonchev–Trinajstić information content (AvgIpc) is 2.90. The largest absolute Gasteiger partial charge is 0.342 e. The van der Waals surface area contributed by atoms with Gasteiger partial charge in [-0.1, -0.05) is 0 Å². The van der Waals surface area contributed by atoms with Crippen molar-refractivity contribution in [1.82, 2.24) is 9.21 Å². The number of piperidine rings is 1. The van der Waals surface area contributed by atoms with Crippen LogP contribution in [0.5, 0.6) is 0 Å². The van der Waals surface area contributed by atoms with Crippen molar-refractivity contribution in [2.75, 3.05) is 26.4 Å². The van der Waals surface area contributed by atoms with Crippen molar-refractivity contribution in [3.8, 4) is 0 Å². The van der Waals surface area contributed by atoms with Gasteiger partial charge in [-0.25, -0.2) is 12.7 Å². The predicted octanol–water partition coefficient (Wildman–Crippen LogP) is 1.17. The molecule has 20 heavy (non-hydrogen) atoms. The Hall–Kier alpha value is -0.920. The maximum atomic E-state index is 12.1. The molecule has 1 fully saturated rings. The molecular weight excluding hydrogens is 296 g/mol. The van der Waals surface area contributed by atoms with Crippen LogP contribution in [-0.4, -0.2) is 56.0 Å². The van der Waals surface area contributed by atoms with Crippen molar-refractivity contribution in [3.63, 3.8) is 0 Å². The predicted molar refractivity (Wildman–Crippen MR) is 80.2 cm³/mol. The molecule has 7 heteroatoms. The minimum absolute atomic E-state index is 0.00944. The second kappa shape index (κ2) is 6.24. The van der Waals surface area contributed by atoms with Crippen molar-refractivity contribution >= 4 is 27.3 Å². The summed E-state index contributed by atoms with van der Waals surface area (Å²) in [4.78, 5) is 14.0. The molecule has 0 aliphatic carbocycles. The third-order valence-electron chi connectivity index (χ3n) is 3.79. The molecule has 0 spiro atoms. The number of carbonyl (C=O) groups excluding carboxylic acids is 1. The highest BCUT2D eigenvalue weighted by Gasteiger charge is 2.28. The summed E-state index contributed by atoms with van der Waals surface area (Å²) in [6.07, 6.45) is 3.08. The number of hydrogen-bond donors (Lipinski definition) is 0. The summed E-state index contributed by atoms with van der Waals surface area (Å²) < 4.78 is 24.4. The molecule has 5 nitrogen and oxygen atoms in total. The number of thiophene rings is 1. The van der Waals surface area contributed by atoms with E-state index in [0.717, 1.165) is 5.56 Å². The topological polar surface area (TPSA) is 57.7 Å². The summed E-state index contributed by atoms with van der Waals surface area (Å²) >= 11 is 1.59. The number of likely N-dealkylation sites (tertiary alicyclic amines) is 1. The zero-order valence-electron chi connectivity index (χ0n) is 11.8. The lowest BCUT2D eigenvalue weighted by Crippen LogP contribution is -2.47. The monoisotopic (exact) mass is 316 g/mol. The molecule has 0 aromatic carbocycles. The van der Waals surface area contributed by atoms with Crippen LogP contribution >= 0.6 is 11.3 Å². The third-order valence-corrected chi connectivity index (χ3v) is 5.87. The number of sulfonamides is 1. The van der Waals surface area contributed by atoms with Crippen molar-refractivity contribution in [2.24, 2.45) is 0 Å². The van der Waals surface area contributed by atoms with E-state index in [4.69, 9.17) is 0 Å². The van der Waals surface area contributed by atoms with E-state index in [0.29, 0.717) is 32.4 Å². The molecule has 0 radical (unpaired) electrons. The quantitative estimate of drug-likeness (QED) is 0.838. The molecule has 112 valence electrons. The Morgan fingerprint density at radius 1 is 1.45 bits per heavy atom. The fraction of sp³-hybridized carbons (Fsp3) is 0.615. The first-order chi connectivity index (χ1) is 9.38. The molecule has 1 saturated heterocycles.